The first-order chi connectivity index (χ1) is 7.66. The van der Waals surface area contributed by atoms with Crippen LogP contribution in [0.15, 0.2) is 12.1 Å². The lowest BCUT2D eigenvalue weighted by atomic mass is 10.1. The van der Waals surface area contributed by atoms with Gasteiger partial charge in [-0.05, 0) is 18.6 Å². The van der Waals surface area contributed by atoms with E-state index in [0.29, 0.717) is 21.7 Å². The molecule has 1 heterocycles. The molecule has 1 saturated heterocycles. The summed E-state index contributed by atoms with van der Waals surface area (Å²) in [6, 6.07) is 2.50. The highest BCUT2D eigenvalue weighted by Crippen LogP contribution is 2.31. The lowest BCUT2D eigenvalue weighted by molar-refractivity contribution is 0.187. The van der Waals surface area contributed by atoms with Gasteiger partial charge >= 0.3 is 0 Å². The third-order valence-electron chi connectivity index (χ3n) is 2.60. The predicted octanol–water partition coefficient (Wildman–Crippen LogP) is 3.58. The summed E-state index contributed by atoms with van der Waals surface area (Å²) in [4.78, 5) is 0. The van der Waals surface area contributed by atoms with E-state index in [2.05, 4.69) is 5.32 Å². The second-order valence-electron chi connectivity index (χ2n) is 3.85. The van der Waals surface area contributed by atoms with Crippen LogP contribution in [0, 0.1) is 11.7 Å². The van der Waals surface area contributed by atoms with Gasteiger partial charge in [0.05, 0.1) is 22.3 Å². The minimum absolute atomic E-state index is 0.309. The zero-order valence-corrected chi connectivity index (χ0v) is 10.1. The first-order valence-corrected chi connectivity index (χ1v) is 5.88. The van der Waals surface area contributed by atoms with Gasteiger partial charge in [0.25, 0.3) is 0 Å². The molecule has 0 bridgehead atoms. The first kappa shape index (κ1) is 12.0. The maximum absolute atomic E-state index is 12.9. The fraction of sp³-hybridized carbons (Fsp3) is 0.455. The van der Waals surface area contributed by atoms with Crippen LogP contribution in [0.2, 0.25) is 10.0 Å². The summed E-state index contributed by atoms with van der Waals surface area (Å²) >= 11 is 11.8. The number of anilines is 1. The largest absolute Gasteiger partial charge is 0.382 e. The summed E-state index contributed by atoms with van der Waals surface area (Å²) in [6.45, 7) is 2.30. The maximum Gasteiger partial charge on any atom is 0.126 e. The summed E-state index contributed by atoms with van der Waals surface area (Å²) in [5.41, 5.74) is 0.594. The number of rotatable bonds is 3. The topological polar surface area (TPSA) is 21.3 Å². The van der Waals surface area contributed by atoms with Crippen LogP contribution in [-0.4, -0.2) is 19.8 Å². The van der Waals surface area contributed by atoms with E-state index in [9.17, 15) is 4.39 Å². The third kappa shape index (κ3) is 2.78. The van der Waals surface area contributed by atoms with E-state index in [1.807, 2.05) is 0 Å². The van der Waals surface area contributed by atoms with Gasteiger partial charge in [-0.3, -0.25) is 0 Å². The molecule has 0 aromatic heterocycles. The molecule has 1 aromatic carbocycles. The predicted molar refractivity (Wildman–Crippen MR) is 63.8 cm³/mol. The lowest BCUT2D eigenvalue weighted by Gasteiger charge is -2.13. The van der Waals surface area contributed by atoms with Crippen molar-refractivity contribution < 1.29 is 9.13 Å². The SMILES string of the molecule is Fc1cc(Cl)c(NCC2CCOC2)c(Cl)c1. The Hall–Kier alpha value is -0.510. The van der Waals surface area contributed by atoms with Crippen LogP contribution in [0.1, 0.15) is 6.42 Å². The zero-order chi connectivity index (χ0) is 11.5. The molecule has 1 aliphatic heterocycles. The highest BCUT2D eigenvalue weighted by atomic mass is 35.5. The molecule has 0 spiro atoms. The number of ether oxygens (including phenoxy) is 1. The molecule has 16 heavy (non-hydrogen) atoms. The molecule has 1 atom stereocenters. The van der Waals surface area contributed by atoms with Gasteiger partial charge in [0, 0.05) is 19.1 Å². The molecule has 1 N–H and O–H groups in total. The standard InChI is InChI=1S/C11H12Cl2FNO/c12-9-3-8(14)4-10(13)11(9)15-5-7-1-2-16-6-7/h3-4,7,15H,1-2,5-6H2. The van der Waals surface area contributed by atoms with Crippen molar-refractivity contribution in [1.82, 2.24) is 0 Å². The molecule has 5 heteroatoms. The smallest absolute Gasteiger partial charge is 0.126 e. The average Bonchev–Trinajstić information content (AvgIpc) is 2.68. The second kappa shape index (κ2) is 5.21. The molecule has 88 valence electrons. The molecule has 1 aliphatic rings. The molecule has 0 saturated carbocycles. The summed E-state index contributed by atoms with van der Waals surface area (Å²) in [5.74, 6) is 0.0435. The third-order valence-corrected chi connectivity index (χ3v) is 3.19. The second-order valence-corrected chi connectivity index (χ2v) is 4.67. The van der Waals surface area contributed by atoms with E-state index in [1.54, 1.807) is 0 Å². The van der Waals surface area contributed by atoms with Gasteiger partial charge in [-0.25, -0.2) is 4.39 Å². The van der Waals surface area contributed by atoms with Crippen LogP contribution in [0.25, 0.3) is 0 Å². The normalized spacial score (nSPS) is 20.1. The Balaban J connectivity index is 2.03. The van der Waals surface area contributed by atoms with Gasteiger partial charge in [-0.2, -0.15) is 0 Å². The van der Waals surface area contributed by atoms with Gasteiger partial charge in [0.2, 0.25) is 0 Å². The number of nitrogens with one attached hydrogen (secondary N) is 1. The van der Waals surface area contributed by atoms with Crippen molar-refractivity contribution >= 4 is 28.9 Å². The quantitative estimate of drug-likeness (QED) is 0.900. The van der Waals surface area contributed by atoms with E-state index in [0.717, 1.165) is 26.2 Å². The van der Waals surface area contributed by atoms with E-state index < -0.39 is 5.82 Å². The molecule has 0 amide bonds. The van der Waals surface area contributed by atoms with E-state index in [4.69, 9.17) is 27.9 Å². The lowest BCUT2D eigenvalue weighted by Crippen LogP contribution is -2.14. The minimum Gasteiger partial charge on any atom is -0.382 e. The van der Waals surface area contributed by atoms with Crippen LogP contribution in [0.3, 0.4) is 0 Å². The van der Waals surface area contributed by atoms with Gasteiger partial charge in [-0.1, -0.05) is 23.2 Å². The highest BCUT2D eigenvalue weighted by Gasteiger charge is 2.16. The Morgan fingerprint density at radius 3 is 2.62 bits per heavy atom. The Labute approximate surface area is 104 Å². The maximum atomic E-state index is 12.9. The summed E-state index contributed by atoms with van der Waals surface area (Å²) < 4.78 is 18.2. The minimum atomic E-state index is -0.426. The summed E-state index contributed by atoms with van der Waals surface area (Å²) in [7, 11) is 0. The fourth-order valence-electron chi connectivity index (χ4n) is 1.70. The molecular formula is C11H12Cl2FNO. The highest BCUT2D eigenvalue weighted by molar-refractivity contribution is 6.39. The number of benzene rings is 1. The average molecular weight is 264 g/mol. The van der Waals surface area contributed by atoms with Crippen molar-refractivity contribution in [3.05, 3.63) is 28.0 Å². The number of halogens is 3. The Kier molecular flexibility index (Phi) is 3.90. The molecular weight excluding hydrogens is 252 g/mol. The van der Waals surface area contributed by atoms with E-state index in [1.165, 1.54) is 12.1 Å². The summed E-state index contributed by atoms with van der Waals surface area (Å²) in [5, 5.41) is 3.76. The number of hydrogen-bond acceptors (Lipinski definition) is 2. The van der Waals surface area contributed by atoms with Crippen molar-refractivity contribution in [3.63, 3.8) is 0 Å². The zero-order valence-electron chi connectivity index (χ0n) is 8.60. The molecule has 1 unspecified atom stereocenters. The first-order valence-electron chi connectivity index (χ1n) is 5.13. The van der Waals surface area contributed by atoms with Gasteiger partial charge in [-0.15, -0.1) is 0 Å². The monoisotopic (exact) mass is 263 g/mol. The molecule has 0 aliphatic carbocycles. The van der Waals surface area contributed by atoms with Crippen molar-refractivity contribution in [2.24, 2.45) is 5.92 Å². The fourth-order valence-corrected chi connectivity index (χ4v) is 2.30. The Bertz CT molecular complexity index is 357. The van der Waals surface area contributed by atoms with Crippen LogP contribution in [-0.2, 0) is 4.74 Å². The van der Waals surface area contributed by atoms with Crippen molar-refractivity contribution in [1.29, 1.82) is 0 Å². The Morgan fingerprint density at radius 1 is 1.38 bits per heavy atom. The Morgan fingerprint density at radius 2 is 2.06 bits per heavy atom. The van der Waals surface area contributed by atoms with Gasteiger partial charge in [0.1, 0.15) is 5.82 Å². The van der Waals surface area contributed by atoms with Crippen molar-refractivity contribution in [2.75, 3.05) is 25.1 Å². The molecule has 1 aromatic rings. The van der Waals surface area contributed by atoms with Crippen molar-refractivity contribution in [3.8, 4) is 0 Å². The molecule has 0 radical (unpaired) electrons. The van der Waals surface area contributed by atoms with E-state index in [-0.39, 0.29) is 0 Å². The van der Waals surface area contributed by atoms with Crippen LogP contribution < -0.4 is 5.32 Å². The molecule has 1 fully saturated rings. The van der Waals surface area contributed by atoms with Crippen LogP contribution in [0.4, 0.5) is 10.1 Å². The summed E-state index contributed by atoms with van der Waals surface area (Å²) in [6.07, 6.45) is 1.03. The van der Waals surface area contributed by atoms with Gasteiger partial charge < -0.3 is 10.1 Å². The number of hydrogen-bond donors (Lipinski definition) is 1. The van der Waals surface area contributed by atoms with Crippen LogP contribution in [0.5, 0.6) is 0 Å². The molecule has 2 rings (SSSR count). The van der Waals surface area contributed by atoms with E-state index >= 15 is 0 Å². The van der Waals surface area contributed by atoms with Crippen molar-refractivity contribution in [2.45, 2.75) is 6.42 Å². The van der Waals surface area contributed by atoms with Gasteiger partial charge in [0.15, 0.2) is 0 Å². The van der Waals surface area contributed by atoms with Crippen LogP contribution >= 0.6 is 23.2 Å². The molecule has 2 nitrogen and oxygen atoms in total.